The summed E-state index contributed by atoms with van der Waals surface area (Å²) in [6, 6.07) is 7.83. The van der Waals surface area contributed by atoms with Crippen molar-refractivity contribution in [1.82, 2.24) is 0 Å². The highest BCUT2D eigenvalue weighted by molar-refractivity contribution is 6.34. The molecule has 2 unspecified atom stereocenters. The van der Waals surface area contributed by atoms with Crippen LogP contribution in [0.3, 0.4) is 0 Å². The normalized spacial score (nSPS) is 21.8. The molecule has 2 atom stereocenters. The monoisotopic (exact) mass is 370 g/mol. The van der Waals surface area contributed by atoms with E-state index < -0.39 is 5.91 Å². The van der Waals surface area contributed by atoms with E-state index >= 15 is 0 Å². The lowest BCUT2D eigenvalue weighted by Crippen LogP contribution is -2.30. The zero-order valence-electron chi connectivity index (χ0n) is 13.6. The van der Waals surface area contributed by atoms with E-state index in [0.717, 1.165) is 0 Å². The Labute approximate surface area is 154 Å². The summed E-state index contributed by atoms with van der Waals surface area (Å²) in [5, 5.41) is 2.87. The molecule has 132 valence electrons. The number of carbonyl (C=O) groups is 3. The van der Waals surface area contributed by atoms with E-state index in [1.165, 1.54) is 23.3 Å². The van der Waals surface area contributed by atoms with Crippen LogP contribution in [0.4, 0.5) is 11.4 Å². The van der Waals surface area contributed by atoms with Crippen molar-refractivity contribution in [2.45, 2.75) is 12.8 Å². The second kappa shape index (κ2) is 6.46. The van der Waals surface area contributed by atoms with Crippen LogP contribution in [0, 0.1) is 11.8 Å². The number of benzene rings is 1. The Morgan fingerprint density at radius 3 is 2.38 bits per heavy atom. The molecule has 1 aliphatic carbocycles. The zero-order valence-corrected chi connectivity index (χ0v) is 14.4. The summed E-state index contributed by atoms with van der Waals surface area (Å²) in [5.74, 6) is -1.28. The van der Waals surface area contributed by atoms with E-state index in [0.29, 0.717) is 24.2 Å². The molecule has 1 aliphatic heterocycles. The SMILES string of the molecule is O=C(Nc1ccc(N2C(=O)C3CC=CCC3C2=O)cc1Cl)c1ccco1. The number of allylic oxidation sites excluding steroid dienone is 2. The van der Waals surface area contributed by atoms with Crippen molar-refractivity contribution < 1.29 is 18.8 Å². The minimum atomic E-state index is -0.435. The number of carbonyl (C=O) groups excluding carboxylic acids is 3. The average molecular weight is 371 g/mol. The van der Waals surface area contributed by atoms with Crippen LogP contribution in [0.25, 0.3) is 0 Å². The fourth-order valence-electron chi connectivity index (χ4n) is 3.39. The van der Waals surface area contributed by atoms with Gasteiger partial charge in [-0.1, -0.05) is 23.8 Å². The Morgan fingerprint density at radius 1 is 1.12 bits per heavy atom. The number of rotatable bonds is 3. The van der Waals surface area contributed by atoms with Crippen molar-refractivity contribution in [2.75, 3.05) is 10.2 Å². The molecule has 6 nitrogen and oxygen atoms in total. The molecule has 2 heterocycles. The predicted molar refractivity (Wildman–Crippen MR) is 96.0 cm³/mol. The van der Waals surface area contributed by atoms with Gasteiger partial charge >= 0.3 is 0 Å². The summed E-state index contributed by atoms with van der Waals surface area (Å²) in [5.41, 5.74) is 0.783. The molecule has 0 radical (unpaired) electrons. The third-order valence-electron chi connectivity index (χ3n) is 4.71. The van der Waals surface area contributed by atoms with E-state index in [-0.39, 0.29) is 34.4 Å². The van der Waals surface area contributed by atoms with Crippen LogP contribution in [0.5, 0.6) is 0 Å². The molecule has 7 heteroatoms. The molecule has 0 bridgehead atoms. The van der Waals surface area contributed by atoms with Crippen LogP contribution in [0.1, 0.15) is 23.4 Å². The number of imide groups is 1. The van der Waals surface area contributed by atoms with Crippen molar-refractivity contribution >= 4 is 40.7 Å². The molecule has 1 aromatic carbocycles. The van der Waals surface area contributed by atoms with E-state index in [9.17, 15) is 14.4 Å². The van der Waals surface area contributed by atoms with Crippen LogP contribution in [0.2, 0.25) is 5.02 Å². The van der Waals surface area contributed by atoms with Gasteiger partial charge in [-0.15, -0.1) is 0 Å². The van der Waals surface area contributed by atoms with Crippen LogP contribution in [-0.2, 0) is 9.59 Å². The smallest absolute Gasteiger partial charge is 0.291 e. The maximum absolute atomic E-state index is 12.6. The number of amides is 3. The van der Waals surface area contributed by atoms with Crippen LogP contribution < -0.4 is 10.2 Å². The molecule has 0 saturated carbocycles. The standard InChI is InChI=1S/C19H15ClN2O4/c20-14-10-11(7-8-15(14)21-17(23)16-6-3-9-26-16)22-18(24)12-4-1-2-5-13(12)19(22)25/h1-3,6-10,12-13H,4-5H2,(H,21,23). The molecule has 1 saturated heterocycles. The predicted octanol–water partition coefficient (Wildman–Crippen LogP) is 3.64. The van der Waals surface area contributed by atoms with Crippen molar-refractivity contribution in [2.24, 2.45) is 11.8 Å². The first-order valence-electron chi connectivity index (χ1n) is 8.23. The van der Waals surface area contributed by atoms with E-state index in [4.69, 9.17) is 16.0 Å². The number of anilines is 2. The van der Waals surface area contributed by atoms with Crippen LogP contribution in [-0.4, -0.2) is 17.7 Å². The van der Waals surface area contributed by atoms with Crippen molar-refractivity contribution in [3.8, 4) is 0 Å². The van der Waals surface area contributed by atoms with Crippen LogP contribution >= 0.6 is 11.6 Å². The highest BCUT2D eigenvalue weighted by atomic mass is 35.5. The summed E-state index contributed by atoms with van der Waals surface area (Å²) in [6.45, 7) is 0. The fourth-order valence-corrected chi connectivity index (χ4v) is 3.61. The molecule has 4 rings (SSSR count). The van der Waals surface area contributed by atoms with Gasteiger partial charge in [-0.05, 0) is 43.2 Å². The Bertz CT molecular complexity index is 894. The third kappa shape index (κ3) is 2.72. The van der Waals surface area contributed by atoms with E-state index in [2.05, 4.69) is 5.32 Å². The lowest BCUT2D eigenvalue weighted by Gasteiger charge is -2.16. The Kier molecular flexibility index (Phi) is 4.12. The van der Waals surface area contributed by atoms with Gasteiger partial charge in [0.1, 0.15) is 0 Å². The van der Waals surface area contributed by atoms with Gasteiger partial charge in [-0.2, -0.15) is 0 Å². The van der Waals surface area contributed by atoms with Gasteiger partial charge < -0.3 is 9.73 Å². The van der Waals surface area contributed by atoms with Gasteiger partial charge in [0.2, 0.25) is 11.8 Å². The first-order chi connectivity index (χ1) is 12.6. The maximum Gasteiger partial charge on any atom is 0.291 e. The molecular weight excluding hydrogens is 356 g/mol. The number of halogens is 1. The van der Waals surface area contributed by atoms with Gasteiger partial charge in [0.05, 0.1) is 34.5 Å². The Hall–Kier alpha value is -2.86. The summed E-state index contributed by atoms with van der Waals surface area (Å²) in [7, 11) is 0. The minimum absolute atomic E-state index is 0.159. The Balaban J connectivity index is 1.57. The maximum atomic E-state index is 12.6. The number of nitrogens with one attached hydrogen (secondary N) is 1. The second-order valence-electron chi connectivity index (χ2n) is 6.26. The van der Waals surface area contributed by atoms with E-state index in [1.54, 1.807) is 18.2 Å². The number of nitrogens with zero attached hydrogens (tertiary/aromatic N) is 1. The summed E-state index contributed by atoms with van der Waals surface area (Å²) >= 11 is 6.25. The van der Waals surface area contributed by atoms with Gasteiger partial charge in [0.25, 0.3) is 5.91 Å². The molecule has 26 heavy (non-hydrogen) atoms. The molecular formula is C19H15ClN2O4. The molecule has 3 amide bonds. The van der Waals surface area contributed by atoms with Crippen molar-refractivity contribution in [3.63, 3.8) is 0 Å². The Morgan fingerprint density at radius 2 is 1.81 bits per heavy atom. The topological polar surface area (TPSA) is 79.6 Å². The highest BCUT2D eigenvalue weighted by Crippen LogP contribution is 2.39. The summed E-state index contributed by atoms with van der Waals surface area (Å²) in [4.78, 5) is 38.5. The van der Waals surface area contributed by atoms with Crippen molar-refractivity contribution in [1.29, 1.82) is 0 Å². The molecule has 1 fully saturated rings. The minimum Gasteiger partial charge on any atom is -0.459 e. The number of fused-ring (bicyclic) bond motifs is 1. The second-order valence-corrected chi connectivity index (χ2v) is 6.67. The van der Waals surface area contributed by atoms with Gasteiger partial charge in [0, 0.05) is 0 Å². The summed E-state index contributed by atoms with van der Waals surface area (Å²) in [6.07, 6.45) is 6.44. The lowest BCUT2D eigenvalue weighted by molar-refractivity contribution is -0.122. The quantitative estimate of drug-likeness (QED) is 0.660. The molecule has 1 aromatic heterocycles. The van der Waals surface area contributed by atoms with Crippen molar-refractivity contribution in [3.05, 3.63) is 59.5 Å². The zero-order chi connectivity index (χ0) is 18.3. The van der Waals surface area contributed by atoms with Crippen LogP contribution in [0.15, 0.2) is 53.2 Å². The molecule has 1 N–H and O–H groups in total. The lowest BCUT2D eigenvalue weighted by atomic mass is 9.85. The number of hydrogen-bond donors (Lipinski definition) is 1. The largest absolute Gasteiger partial charge is 0.459 e. The number of furan rings is 1. The fraction of sp³-hybridized carbons (Fsp3) is 0.211. The highest BCUT2D eigenvalue weighted by Gasteiger charge is 2.47. The van der Waals surface area contributed by atoms with Gasteiger partial charge in [-0.3, -0.25) is 14.4 Å². The third-order valence-corrected chi connectivity index (χ3v) is 5.02. The molecule has 0 spiro atoms. The summed E-state index contributed by atoms with van der Waals surface area (Å²) < 4.78 is 5.04. The number of hydrogen-bond acceptors (Lipinski definition) is 4. The van der Waals surface area contributed by atoms with Gasteiger partial charge in [-0.25, -0.2) is 4.90 Å². The molecule has 2 aliphatic rings. The first-order valence-corrected chi connectivity index (χ1v) is 8.61. The molecule has 2 aromatic rings. The first kappa shape index (κ1) is 16.6. The van der Waals surface area contributed by atoms with E-state index in [1.807, 2.05) is 12.2 Å². The van der Waals surface area contributed by atoms with Gasteiger partial charge in [0.15, 0.2) is 5.76 Å². The average Bonchev–Trinajstić information content (AvgIpc) is 3.26.